The first kappa shape index (κ1) is 24.4. The molecule has 0 atom stereocenters. The Bertz CT molecular complexity index is 1400. The number of para-hydroxylation sites is 1. The van der Waals surface area contributed by atoms with Crippen molar-refractivity contribution in [3.63, 3.8) is 0 Å². The summed E-state index contributed by atoms with van der Waals surface area (Å²) in [6, 6.07) is 15.3. The van der Waals surface area contributed by atoms with E-state index in [1.54, 1.807) is 4.90 Å². The molecule has 3 aromatic rings. The van der Waals surface area contributed by atoms with Crippen molar-refractivity contribution in [1.82, 2.24) is 20.1 Å². The van der Waals surface area contributed by atoms with Crippen LogP contribution in [0.1, 0.15) is 52.0 Å². The Labute approximate surface area is 213 Å². The van der Waals surface area contributed by atoms with Crippen molar-refractivity contribution in [2.75, 3.05) is 4.90 Å². The van der Waals surface area contributed by atoms with E-state index in [1.807, 2.05) is 74.0 Å². The van der Waals surface area contributed by atoms with Crippen LogP contribution < -0.4 is 4.90 Å². The van der Waals surface area contributed by atoms with E-state index in [9.17, 15) is 19.2 Å². The number of hydroxylamine groups is 2. The Balaban J connectivity index is 1.50. The molecule has 0 N–H and O–H groups in total. The van der Waals surface area contributed by atoms with Crippen LogP contribution in [0, 0.1) is 0 Å². The second-order valence-corrected chi connectivity index (χ2v) is 10.1. The molecule has 10 nitrogen and oxygen atoms in total. The molecule has 190 valence electrons. The van der Waals surface area contributed by atoms with Crippen LogP contribution in [0.3, 0.4) is 0 Å². The summed E-state index contributed by atoms with van der Waals surface area (Å²) < 4.78 is 1.87. The van der Waals surface area contributed by atoms with Gasteiger partial charge in [0.15, 0.2) is 0 Å². The molecule has 1 fully saturated rings. The van der Waals surface area contributed by atoms with Gasteiger partial charge in [-0.15, -0.1) is 10.2 Å². The van der Waals surface area contributed by atoms with E-state index < -0.39 is 17.8 Å². The number of aromatic nitrogens is 3. The molecule has 2 aliphatic heterocycles. The maximum Gasteiger partial charge on any atom is 0.333 e. The molecule has 2 aromatic carbocycles. The van der Waals surface area contributed by atoms with Gasteiger partial charge >= 0.3 is 5.97 Å². The summed E-state index contributed by atoms with van der Waals surface area (Å²) in [6.45, 7) is 6.39. The van der Waals surface area contributed by atoms with Gasteiger partial charge < -0.3 is 9.74 Å². The summed E-state index contributed by atoms with van der Waals surface area (Å²) in [4.78, 5) is 56.0. The number of amides is 3. The van der Waals surface area contributed by atoms with E-state index in [2.05, 4.69) is 10.3 Å². The van der Waals surface area contributed by atoms with Crippen LogP contribution in [0.15, 0.2) is 48.5 Å². The fourth-order valence-corrected chi connectivity index (χ4v) is 4.60. The maximum atomic E-state index is 13.6. The molecule has 0 aliphatic carbocycles. The quantitative estimate of drug-likeness (QED) is 0.502. The fraction of sp³-hybridized carbons (Fsp3) is 0.333. The lowest BCUT2D eigenvalue weighted by Crippen LogP contribution is -2.34. The third-order valence-corrected chi connectivity index (χ3v) is 6.40. The Kier molecular flexibility index (Phi) is 6.10. The molecule has 0 radical (unpaired) electrons. The van der Waals surface area contributed by atoms with Gasteiger partial charge in [-0.2, -0.15) is 0 Å². The Morgan fingerprint density at radius 1 is 0.919 bits per heavy atom. The van der Waals surface area contributed by atoms with Crippen LogP contribution in [-0.4, -0.2) is 43.7 Å². The van der Waals surface area contributed by atoms with Crippen molar-refractivity contribution in [2.24, 2.45) is 0 Å². The summed E-state index contributed by atoms with van der Waals surface area (Å²) in [5.41, 5.74) is 4.43. The largest absolute Gasteiger partial charge is 0.333 e. The first-order valence-corrected chi connectivity index (χ1v) is 12.2. The molecule has 0 spiro atoms. The van der Waals surface area contributed by atoms with Crippen LogP contribution in [0.5, 0.6) is 0 Å². The summed E-state index contributed by atoms with van der Waals surface area (Å²) in [6.07, 6.45) is -0.411. The van der Waals surface area contributed by atoms with Gasteiger partial charge in [-0.25, -0.2) is 9.48 Å². The third kappa shape index (κ3) is 4.50. The minimum atomic E-state index is -0.810. The third-order valence-electron chi connectivity index (χ3n) is 6.40. The van der Waals surface area contributed by atoms with Crippen molar-refractivity contribution >= 4 is 29.4 Å². The summed E-state index contributed by atoms with van der Waals surface area (Å²) in [5, 5.41) is 9.52. The fourth-order valence-electron chi connectivity index (χ4n) is 4.60. The molecule has 10 heteroatoms. The lowest BCUT2D eigenvalue weighted by atomic mass is 9.94. The Morgan fingerprint density at radius 2 is 1.57 bits per heavy atom. The Hall–Kier alpha value is -4.34. The molecule has 37 heavy (non-hydrogen) atoms. The lowest BCUT2D eigenvalue weighted by molar-refractivity contribution is -0.197. The first-order valence-electron chi connectivity index (χ1n) is 12.2. The lowest BCUT2D eigenvalue weighted by Gasteiger charge is -2.30. The molecule has 0 saturated carbocycles. The predicted octanol–water partition coefficient (Wildman–Crippen LogP) is 3.60. The molecule has 1 aromatic heterocycles. The number of fused-ring (bicyclic) bond motifs is 5. The average molecular weight is 502 g/mol. The number of anilines is 1. The van der Waals surface area contributed by atoms with Crippen LogP contribution >= 0.6 is 0 Å². The van der Waals surface area contributed by atoms with Gasteiger partial charge in [0.2, 0.25) is 5.91 Å². The smallest absolute Gasteiger partial charge is 0.330 e. The minimum absolute atomic E-state index is 0.0109. The second kappa shape index (κ2) is 9.27. The summed E-state index contributed by atoms with van der Waals surface area (Å²) in [5.74, 6) is -2.22. The molecular formula is C27H27N5O5. The highest BCUT2D eigenvalue weighted by Crippen LogP contribution is 2.42. The number of rotatable bonds is 4. The molecule has 3 heterocycles. The molecule has 0 bridgehead atoms. The molecule has 1 saturated heterocycles. The zero-order chi connectivity index (χ0) is 26.3. The minimum Gasteiger partial charge on any atom is -0.330 e. The van der Waals surface area contributed by atoms with E-state index in [0.29, 0.717) is 10.8 Å². The second-order valence-electron chi connectivity index (χ2n) is 10.1. The average Bonchev–Trinajstić information content (AvgIpc) is 3.44. The number of imide groups is 1. The van der Waals surface area contributed by atoms with Crippen molar-refractivity contribution in [1.29, 1.82) is 0 Å². The van der Waals surface area contributed by atoms with Crippen LogP contribution in [0.25, 0.3) is 22.5 Å². The first-order chi connectivity index (χ1) is 17.6. The Morgan fingerprint density at radius 3 is 2.27 bits per heavy atom. The molecule has 5 rings (SSSR count). The highest BCUT2D eigenvalue weighted by molar-refractivity contribution is 6.03. The molecule has 3 amide bonds. The van der Waals surface area contributed by atoms with Gasteiger partial charge in [-0.05, 0) is 32.4 Å². The molecule has 0 unspecified atom stereocenters. The van der Waals surface area contributed by atoms with E-state index in [-0.39, 0.29) is 43.7 Å². The van der Waals surface area contributed by atoms with E-state index in [1.165, 1.54) is 0 Å². The predicted molar refractivity (Wildman–Crippen MR) is 133 cm³/mol. The van der Waals surface area contributed by atoms with Crippen molar-refractivity contribution < 1.29 is 24.0 Å². The van der Waals surface area contributed by atoms with Gasteiger partial charge in [0.1, 0.15) is 5.69 Å². The van der Waals surface area contributed by atoms with Gasteiger partial charge in [-0.3, -0.25) is 14.4 Å². The van der Waals surface area contributed by atoms with E-state index in [4.69, 9.17) is 4.84 Å². The zero-order valence-corrected chi connectivity index (χ0v) is 20.9. The van der Waals surface area contributed by atoms with Crippen LogP contribution in [0.2, 0.25) is 0 Å². The van der Waals surface area contributed by atoms with E-state index in [0.717, 1.165) is 28.1 Å². The van der Waals surface area contributed by atoms with Gasteiger partial charge in [-0.1, -0.05) is 47.7 Å². The number of hydrogen-bond donors (Lipinski definition) is 0. The number of nitrogens with zero attached hydrogens (tertiary/aromatic N) is 5. The van der Waals surface area contributed by atoms with Gasteiger partial charge in [0.25, 0.3) is 11.8 Å². The zero-order valence-electron chi connectivity index (χ0n) is 20.9. The topological polar surface area (TPSA) is 115 Å². The molecular weight excluding hydrogens is 474 g/mol. The number of carbonyl (C=O) groups excluding carboxylic acids is 4. The number of benzene rings is 2. The van der Waals surface area contributed by atoms with Gasteiger partial charge in [0, 0.05) is 30.4 Å². The monoisotopic (exact) mass is 501 g/mol. The van der Waals surface area contributed by atoms with Gasteiger partial charge in [0.05, 0.1) is 29.9 Å². The number of hydrogen-bond acceptors (Lipinski definition) is 7. The standard InChI is InChI=1S/C27H27N5O5/c1-27(2,3)32-26-19-10-6-7-11-20(19)30(16-17-8-4-5-9-18(17)25(26)28-29-32)21(33)14-15-24(36)37-31-22(34)12-13-23(31)35/h4-11H,12-16H2,1-3H3. The highest BCUT2D eigenvalue weighted by Gasteiger charge is 2.34. The van der Waals surface area contributed by atoms with Crippen molar-refractivity contribution in [2.45, 2.75) is 58.5 Å². The number of carbonyl (C=O) groups is 4. The van der Waals surface area contributed by atoms with Crippen molar-refractivity contribution in [3.8, 4) is 22.5 Å². The van der Waals surface area contributed by atoms with E-state index >= 15 is 0 Å². The SMILES string of the molecule is CC(C)(C)n1nnc2c1-c1ccccc1N(C(=O)CCC(=O)ON1C(=O)CCC1=O)Cc1ccccc1-2. The van der Waals surface area contributed by atoms with Crippen LogP contribution in [-0.2, 0) is 36.1 Å². The normalized spacial score (nSPS) is 15.0. The molecule has 2 aliphatic rings. The summed E-state index contributed by atoms with van der Waals surface area (Å²) in [7, 11) is 0. The van der Waals surface area contributed by atoms with Crippen molar-refractivity contribution in [3.05, 3.63) is 54.1 Å². The highest BCUT2D eigenvalue weighted by atomic mass is 16.7. The van der Waals surface area contributed by atoms with Crippen LogP contribution in [0.4, 0.5) is 5.69 Å². The maximum absolute atomic E-state index is 13.6. The summed E-state index contributed by atoms with van der Waals surface area (Å²) >= 11 is 0.